The van der Waals surface area contributed by atoms with Crippen molar-refractivity contribution in [3.05, 3.63) is 47.3 Å². The smallest absolute Gasteiger partial charge is 0.225 e. The van der Waals surface area contributed by atoms with Gasteiger partial charge in [0.05, 0.1) is 12.1 Å². The van der Waals surface area contributed by atoms with Gasteiger partial charge < -0.3 is 10.6 Å². The average molecular weight is 284 g/mol. The number of hydrogen-bond donors (Lipinski definition) is 2. The van der Waals surface area contributed by atoms with Crippen LogP contribution in [-0.2, 0) is 24.8 Å². The summed E-state index contributed by atoms with van der Waals surface area (Å²) < 4.78 is 1.82. The van der Waals surface area contributed by atoms with Gasteiger partial charge in [0.2, 0.25) is 5.91 Å². The summed E-state index contributed by atoms with van der Waals surface area (Å²) in [7, 11) is 1.91. The monoisotopic (exact) mass is 284 g/mol. The number of hydrogen-bond acceptors (Lipinski definition) is 3. The van der Waals surface area contributed by atoms with E-state index in [1.807, 2.05) is 37.0 Å². The molecule has 1 aliphatic rings. The third kappa shape index (κ3) is 2.77. The Morgan fingerprint density at radius 2 is 2.29 bits per heavy atom. The number of nitrogens with zero attached hydrogens (tertiary/aromatic N) is 2. The van der Waals surface area contributed by atoms with Gasteiger partial charge in [-0.05, 0) is 25.0 Å². The van der Waals surface area contributed by atoms with Crippen molar-refractivity contribution in [2.24, 2.45) is 13.0 Å². The Morgan fingerprint density at radius 3 is 3.05 bits per heavy atom. The molecule has 0 radical (unpaired) electrons. The molecule has 1 amide bonds. The van der Waals surface area contributed by atoms with Gasteiger partial charge in [0.15, 0.2) is 0 Å². The lowest BCUT2D eigenvalue weighted by atomic mass is 9.93. The van der Waals surface area contributed by atoms with Crippen molar-refractivity contribution in [3.63, 3.8) is 0 Å². The molecule has 5 heteroatoms. The van der Waals surface area contributed by atoms with Gasteiger partial charge in [-0.25, -0.2) is 0 Å². The Bertz CT molecular complexity index is 662. The zero-order chi connectivity index (χ0) is 14.8. The van der Waals surface area contributed by atoms with Gasteiger partial charge >= 0.3 is 0 Å². The summed E-state index contributed by atoms with van der Waals surface area (Å²) in [4.78, 5) is 12.3. The van der Waals surface area contributed by atoms with Crippen LogP contribution >= 0.6 is 0 Å². The van der Waals surface area contributed by atoms with E-state index in [0.717, 1.165) is 23.4 Å². The van der Waals surface area contributed by atoms with E-state index >= 15 is 0 Å². The topological polar surface area (TPSA) is 59.0 Å². The predicted octanol–water partition coefficient (Wildman–Crippen LogP) is 1.63. The molecule has 0 spiro atoms. The Hall–Kier alpha value is -2.30. The summed E-state index contributed by atoms with van der Waals surface area (Å²) in [5.41, 5.74) is 4.50. The lowest BCUT2D eigenvalue weighted by Crippen LogP contribution is -2.37. The van der Waals surface area contributed by atoms with Crippen LogP contribution in [0.4, 0.5) is 5.69 Å². The first-order chi connectivity index (χ1) is 10.1. The first-order valence-corrected chi connectivity index (χ1v) is 7.22. The van der Waals surface area contributed by atoms with Crippen LogP contribution in [0.3, 0.4) is 0 Å². The van der Waals surface area contributed by atoms with Crippen molar-refractivity contribution in [2.75, 3.05) is 11.9 Å². The maximum Gasteiger partial charge on any atom is 0.225 e. The average Bonchev–Trinajstić information content (AvgIpc) is 2.84. The van der Waals surface area contributed by atoms with E-state index in [2.05, 4.69) is 27.9 Å². The maximum atomic E-state index is 12.3. The van der Waals surface area contributed by atoms with E-state index < -0.39 is 0 Å². The molecule has 1 aliphatic heterocycles. The molecule has 5 nitrogen and oxygen atoms in total. The molecule has 1 aromatic carbocycles. The first kappa shape index (κ1) is 13.7. The van der Waals surface area contributed by atoms with Gasteiger partial charge in [-0.3, -0.25) is 9.48 Å². The molecule has 21 heavy (non-hydrogen) atoms. The van der Waals surface area contributed by atoms with Crippen molar-refractivity contribution < 1.29 is 4.79 Å². The van der Waals surface area contributed by atoms with Gasteiger partial charge in [0, 0.05) is 37.1 Å². The van der Waals surface area contributed by atoms with E-state index in [1.54, 1.807) is 0 Å². The number of fused-ring (bicyclic) bond motifs is 1. The normalized spacial score (nSPS) is 17.0. The first-order valence-electron chi connectivity index (χ1n) is 7.22. The van der Waals surface area contributed by atoms with Crippen LogP contribution in [0.2, 0.25) is 0 Å². The minimum Gasteiger partial charge on any atom is -0.384 e. The highest BCUT2D eigenvalue weighted by Crippen LogP contribution is 2.24. The standard InChI is InChI=1S/C16H20N4O/c1-11-14(10-19-20(11)2)9-18-16(21)13-7-12-5-3-4-6-15(12)17-8-13/h3-6,10,13,17H,7-9H2,1-2H3,(H,18,21). The molecular weight excluding hydrogens is 264 g/mol. The zero-order valence-corrected chi connectivity index (χ0v) is 12.4. The Balaban J connectivity index is 1.61. The maximum absolute atomic E-state index is 12.3. The molecule has 0 saturated carbocycles. The lowest BCUT2D eigenvalue weighted by Gasteiger charge is -2.25. The van der Waals surface area contributed by atoms with Gasteiger partial charge in [0.25, 0.3) is 0 Å². The van der Waals surface area contributed by atoms with Crippen molar-refractivity contribution in [2.45, 2.75) is 19.9 Å². The number of rotatable bonds is 3. The fourth-order valence-electron chi connectivity index (χ4n) is 2.67. The Kier molecular flexibility index (Phi) is 3.64. The van der Waals surface area contributed by atoms with Gasteiger partial charge in [-0.15, -0.1) is 0 Å². The van der Waals surface area contributed by atoms with Crippen LogP contribution in [-0.4, -0.2) is 22.2 Å². The number of benzene rings is 1. The second-order valence-electron chi connectivity index (χ2n) is 5.54. The molecule has 3 rings (SSSR count). The molecule has 0 bridgehead atoms. The second kappa shape index (κ2) is 5.60. The number of nitrogens with one attached hydrogen (secondary N) is 2. The van der Waals surface area contributed by atoms with Crippen LogP contribution < -0.4 is 10.6 Å². The largest absolute Gasteiger partial charge is 0.384 e. The predicted molar refractivity (Wildman–Crippen MR) is 81.9 cm³/mol. The SMILES string of the molecule is Cc1c(CNC(=O)C2CNc3ccccc3C2)cnn1C. The summed E-state index contributed by atoms with van der Waals surface area (Å²) in [6.45, 7) is 3.23. The van der Waals surface area contributed by atoms with E-state index in [9.17, 15) is 4.79 Å². The molecule has 0 aliphatic carbocycles. The number of anilines is 1. The molecular formula is C16H20N4O. The summed E-state index contributed by atoms with van der Waals surface area (Å²) in [6, 6.07) is 8.16. The fourth-order valence-corrected chi connectivity index (χ4v) is 2.67. The zero-order valence-electron chi connectivity index (χ0n) is 12.4. The van der Waals surface area contributed by atoms with Crippen LogP contribution in [0.1, 0.15) is 16.8 Å². The molecule has 1 aromatic heterocycles. The fraction of sp³-hybridized carbons (Fsp3) is 0.375. The van der Waals surface area contributed by atoms with Crippen molar-refractivity contribution in [3.8, 4) is 0 Å². The lowest BCUT2D eigenvalue weighted by molar-refractivity contribution is -0.124. The number of para-hydroxylation sites is 1. The summed E-state index contributed by atoms with van der Waals surface area (Å²) in [5, 5.41) is 10.5. The minimum atomic E-state index is -0.0168. The van der Waals surface area contributed by atoms with Gasteiger partial charge in [-0.2, -0.15) is 5.10 Å². The molecule has 2 N–H and O–H groups in total. The van der Waals surface area contributed by atoms with Crippen LogP contribution in [0, 0.1) is 12.8 Å². The quantitative estimate of drug-likeness (QED) is 0.900. The summed E-state index contributed by atoms with van der Waals surface area (Å²) in [6.07, 6.45) is 2.60. The van der Waals surface area contributed by atoms with E-state index in [4.69, 9.17) is 0 Å². The summed E-state index contributed by atoms with van der Waals surface area (Å²) in [5.74, 6) is 0.0807. The van der Waals surface area contributed by atoms with Crippen molar-refractivity contribution in [1.29, 1.82) is 0 Å². The number of aryl methyl sites for hydroxylation is 1. The molecule has 0 saturated heterocycles. The Morgan fingerprint density at radius 1 is 1.48 bits per heavy atom. The molecule has 1 unspecified atom stereocenters. The van der Waals surface area contributed by atoms with Crippen LogP contribution in [0.25, 0.3) is 0 Å². The number of aromatic nitrogens is 2. The van der Waals surface area contributed by atoms with Gasteiger partial charge in [-0.1, -0.05) is 18.2 Å². The third-order valence-electron chi connectivity index (χ3n) is 4.18. The molecule has 2 aromatic rings. The van der Waals surface area contributed by atoms with Crippen LogP contribution in [0.5, 0.6) is 0 Å². The molecule has 2 heterocycles. The van der Waals surface area contributed by atoms with Crippen molar-refractivity contribution >= 4 is 11.6 Å². The molecule has 1 atom stereocenters. The summed E-state index contributed by atoms with van der Waals surface area (Å²) >= 11 is 0. The highest BCUT2D eigenvalue weighted by atomic mass is 16.1. The number of carbonyl (C=O) groups excluding carboxylic acids is 1. The van der Waals surface area contributed by atoms with E-state index in [1.165, 1.54) is 5.56 Å². The number of amides is 1. The Labute approximate surface area is 124 Å². The second-order valence-corrected chi connectivity index (χ2v) is 5.54. The third-order valence-corrected chi connectivity index (χ3v) is 4.18. The highest BCUT2D eigenvalue weighted by Gasteiger charge is 2.24. The van der Waals surface area contributed by atoms with Gasteiger partial charge in [0.1, 0.15) is 0 Å². The van der Waals surface area contributed by atoms with Crippen molar-refractivity contribution in [1.82, 2.24) is 15.1 Å². The number of carbonyl (C=O) groups is 1. The molecule has 110 valence electrons. The minimum absolute atomic E-state index is 0.0168. The van der Waals surface area contributed by atoms with E-state index in [0.29, 0.717) is 13.1 Å². The molecule has 0 fully saturated rings. The van der Waals surface area contributed by atoms with E-state index in [-0.39, 0.29) is 11.8 Å². The van der Waals surface area contributed by atoms with Crippen LogP contribution in [0.15, 0.2) is 30.5 Å². The highest BCUT2D eigenvalue weighted by molar-refractivity contribution is 5.80.